The van der Waals surface area contributed by atoms with Gasteiger partial charge in [-0.25, -0.2) is 4.98 Å². The van der Waals surface area contributed by atoms with Crippen molar-refractivity contribution in [2.24, 2.45) is 0 Å². The highest BCUT2D eigenvalue weighted by Crippen LogP contribution is 2.35. The molecule has 0 spiro atoms. The zero-order valence-electron chi connectivity index (χ0n) is 20.4. The summed E-state index contributed by atoms with van der Waals surface area (Å²) in [5, 5.41) is 14.1. The number of piperidine rings is 1. The zero-order chi connectivity index (χ0) is 25.2. The van der Waals surface area contributed by atoms with Crippen molar-refractivity contribution in [2.75, 3.05) is 13.1 Å². The molecule has 1 atom stereocenters. The third-order valence-corrected chi connectivity index (χ3v) is 8.03. The van der Waals surface area contributed by atoms with Crippen LogP contribution in [0.4, 0.5) is 5.69 Å². The number of fused-ring (bicyclic) bond motifs is 1. The van der Waals surface area contributed by atoms with Crippen LogP contribution in [0.15, 0.2) is 41.8 Å². The molecule has 3 aromatic rings. The summed E-state index contributed by atoms with van der Waals surface area (Å²) in [6.07, 6.45) is 1.60. The Balaban J connectivity index is 1.17. The lowest BCUT2D eigenvalue weighted by atomic mass is 9.96. The molecule has 0 aliphatic carbocycles. The summed E-state index contributed by atoms with van der Waals surface area (Å²) in [7, 11) is 0. The van der Waals surface area contributed by atoms with E-state index in [9.17, 15) is 14.9 Å². The Labute approximate surface area is 214 Å². The van der Waals surface area contributed by atoms with E-state index < -0.39 is 11.2 Å². The van der Waals surface area contributed by atoms with Gasteiger partial charge in [-0.2, -0.15) is 0 Å². The Bertz CT molecular complexity index is 1280. The number of nitro benzene ring substituents is 1. The monoisotopic (exact) mass is 507 g/mol. The van der Waals surface area contributed by atoms with E-state index in [1.165, 1.54) is 11.6 Å². The summed E-state index contributed by atoms with van der Waals surface area (Å²) in [4.78, 5) is 30.4. The molecule has 0 N–H and O–H groups in total. The highest BCUT2D eigenvalue weighted by molar-refractivity contribution is 7.09. The summed E-state index contributed by atoms with van der Waals surface area (Å²) >= 11 is 1.60. The smallest absolute Gasteiger partial charge is 0.269 e. The van der Waals surface area contributed by atoms with Crippen molar-refractivity contribution in [3.05, 3.63) is 90.4 Å². The van der Waals surface area contributed by atoms with Gasteiger partial charge in [-0.3, -0.25) is 14.9 Å². The number of nitrogens with zero attached hydrogens (tertiary/aromatic N) is 3. The topological polar surface area (TPSA) is 94.8 Å². The molecule has 0 radical (unpaired) electrons. The summed E-state index contributed by atoms with van der Waals surface area (Å²) in [5.74, 6) is 0.487. The molecule has 188 valence electrons. The van der Waals surface area contributed by atoms with Crippen molar-refractivity contribution in [2.45, 2.75) is 58.5 Å². The highest BCUT2D eigenvalue weighted by atomic mass is 32.1. The average molecular weight is 508 g/mol. The van der Waals surface area contributed by atoms with Crippen LogP contribution in [0.25, 0.3) is 0 Å². The lowest BCUT2D eigenvalue weighted by Crippen LogP contribution is -2.38. The quantitative estimate of drug-likeness (QED) is 0.341. The minimum Gasteiger partial charge on any atom is -0.342 e. The number of likely N-dealkylation sites (tertiary alicyclic amines) is 1. The van der Waals surface area contributed by atoms with Crippen LogP contribution in [-0.4, -0.2) is 33.8 Å². The van der Waals surface area contributed by atoms with Crippen LogP contribution in [0.1, 0.15) is 63.6 Å². The molecule has 1 aromatic heterocycles. The molecule has 1 amide bonds. The van der Waals surface area contributed by atoms with Crippen LogP contribution < -0.4 is 0 Å². The standard InChI is InChI=1S/C27H29N3O5S/c1-17-3-4-18(2)21(11-17)13-25(31)29-9-7-19(8-10-29)26-28-24(16-36-26)27-34-14-20-5-6-23(30(32)33)12-22(20)15-35-27/h3-6,11-12,16,19,27H,7-10,13-15H2,1-2H3. The Morgan fingerprint density at radius 2 is 1.86 bits per heavy atom. The lowest BCUT2D eigenvalue weighted by Gasteiger charge is -2.31. The predicted octanol–water partition coefficient (Wildman–Crippen LogP) is 5.36. The number of carbonyl (C=O) groups excluding carboxylic acids is 1. The van der Waals surface area contributed by atoms with Crippen molar-refractivity contribution < 1.29 is 19.2 Å². The molecule has 8 nitrogen and oxygen atoms in total. The van der Waals surface area contributed by atoms with Gasteiger partial charge in [0.05, 0.1) is 29.6 Å². The summed E-state index contributed by atoms with van der Waals surface area (Å²) in [6.45, 7) is 6.11. The molecule has 36 heavy (non-hydrogen) atoms. The zero-order valence-corrected chi connectivity index (χ0v) is 21.3. The van der Waals surface area contributed by atoms with Crippen LogP contribution in [-0.2, 0) is 33.9 Å². The van der Waals surface area contributed by atoms with E-state index in [4.69, 9.17) is 14.5 Å². The minimum atomic E-state index is -0.610. The number of ether oxygens (including phenoxy) is 2. The molecule has 5 rings (SSSR count). The molecule has 2 aromatic carbocycles. The fourth-order valence-corrected chi connectivity index (χ4v) is 5.78. The van der Waals surface area contributed by atoms with Crippen molar-refractivity contribution >= 4 is 22.9 Å². The van der Waals surface area contributed by atoms with Crippen LogP contribution in [0, 0.1) is 24.0 Å². The summed E-state index contributed by atoms with van der Waals surface area (Å²) < 4.78 is 11.9. The second kappa shape index (κ2) is 10.5. The van der Waals surface area contributed by atoms with Crippen LogP contribution >= 0.6 is 11.3 Å². The maximum absolute atomic E-state index is 12.9. The highest BCUT2D eigenvalue weighted by Gasteiger charge is 2.28. The van der Waals surface area contributed by atoms with Gasteiger partial charge in [-0.15, -0.1) is 11.3 Å². The third kappa shape index (κ3) is 5.33. The van der Waals surface area contributed by atoms with Gasteiger partial charge in [0.1, 0.15) is 5.69 Å². The van der Waals surface area contributed by atoms with E-state index >= 15 is 0 Å². The summed E-state index contributed by atoms with van der Waals surface area (Å²) in [5.41, 5.74) is 5.86. The number of rotatable bonds is 5. The van der Waals surface area contributed by atoms with E-state index in [1.54, 1.807) is 23.5 Å². The Hall–Kier alpha value is -3.14. The van der Waals surface area contributed by atoms with Crippen molar-refractivity contribution in [3.63, 3.8) is 0 Å². The number of thiazole rings is 1. The van der Waals surface area contributed by atoms with Gasteiger partial charge in [0.2, 0.25) is 12.2 Å². The first-order valence-electron chi connectivity index (χ1n) is 12.2. The van der Waals surface area contributed by atoms with Gasteiger partial charge in [-0.1, -0.05) is 23.8 Å². The number of benzene rings is 2. The lowest BCUT2D eigenvalue weighted by molar-refractivity contribution is -0.385. The first kappa shape index (κ1) is 24.5. The minimum absolute atomic E-state index is 0.0468. The fraction of sp³-hybridized carbons (Fsp3) is 0.407. The van der Waals surface area contributed by atoms with Gasteiger partial charge in [0, 0.05) is 36.5 Å². The number of aryl methyl sites for hydroxylation is 2. The molecule has 2 aliphatic heterocycles. The van der Waals surface area contributed by atoms with Crippen molar-refractivity contribution in [3.8, 4) is 0 Å². The van der Waals surface area contributed by atoms with Gasteiger partial charge >= 0.3 is 0 Å². The average Bonchev–Trinajstić information content (AvgIpc) is 3.27. The van der Waals surface area contributed by atoms with Crippen LogP contribution in [0.2, 0.25) is 0 Å². The van der Waals surface area contributed by atoms with Gasteiger partial charge < -0.3 is 14.4 Å². The third-order valence-electron chi connectivity index (χ3n) is 7.01. The van der Waals surface area contributed by atoms with Gasteiger partial charge in [-0.05, 0) is 55.0 Å². The molecular weight excluding hydrogens is 478 g/mol. The maximum atomic E-state index is 12.9. The molecule has 0 saturated carbocycles. The van der Waals surface area contributed by atoms with E-state index in [2.05, 4.69) is 32.0 Å². The summed E-state index contributed by atoms with van der Waals surface area (Å²) in [6, 6.07) is 11.0. The Morgan fingerprint density at radius 1 is 1.11 bits per heavy atom. The maximum Gasteiger partial charge on any atom is 0.269 e. The first-order chi connectivity index (χ1) is 17.4. The molecule has 0 bridgehead atoms. The number of non-ortho nitro benzene ring substituents is 1. The van der Waals surface area contributed by atoms with Gasteiger partial charge in [0.15, 0.2) is 0 Å². The SMILES string of the molecule is Cc1ccc(C)c(CC(=O)N2CCC(c3nc(C4OCc5ccc([N+](=O)[O-])cc5CO4)cs3)CC2)c1. The number of carbonyl (C=O) groups is 1. The molecule has 1 unspecified atom stereocenters. The largest absolute Gasteiger partial charge is 0.342 e. The van der Waals surface area contributed by atoms with E-state index in [0.717, 1.165) is 58.9 Å². The molecule has 1 fully saturated rings. The van der Waals surface area contributed by atoms with E-state index in [-0.39, 0.29) is 18.2 Å². The molecular formula is C27H29N3O5S. The second-order valence-electron chi connectivity index (χ2n) is 9.54. The fourth-order valence-electron chi connectivity index (χ4n) is 4.79. The normalized spacial score (nSPS) is 18.5. The number of aromatic nitrogens is 1. The Kier molecular flexibility index (Phi) is 7.13. The molecule has 2 aliphatic rings. The number of nitro groups is 1. The molecule has 1 saturated heterocycles. The number of hydrogen-bond acceptors (Lipinski definition) is 7. The number of hydrogen-bond donors (Lipinski definition) is 0. The van der Waals surface area contributed by atoms with Crippen LogP contribution in [0.5, 0.6) is 0 Å². The van der Waals surface area contributed by atoms with Crippen molar-refractivity contribution in [1.29, 1.82) is 0 Å². The first-order valence-corrected chi connectivity index (χ1v) is 13.0. The second-order valence-corrected chi connectivity index (χ2v) is 10.4. The predicted molar refractivity (Wildman–Crippen MR) is 136 cm³/mol. The van der Waals surface area contributed by atoms with E-state index in [0.29, 0.717) is 18.9 Å². The Morgan fingerprint density at radius 3 is 2.61 bits per heavy atom. The molecule has 9 heteroatoms. The van der Waals surface area contributed by atoms with Gasteiger partial charge in [0.25, 0.3) is 5.69 Å². The number of amides is 1. The van der Waals surface area contributed by atoms with Crippen molar-refractivity contribution in [1.82, 2.24) is 9.88 Å². The van der Waals surface area contributed by atoms with E-state index in [1.807, 2.05) is 10.3 Å². The molecule has 3 heterocycles. The van der Waals surface area contributed by atoms with Crippen LogP contribution in [0.3, 0.4) is 0 Å².